The minimum Gasteiger partial charge on any atom is -0.507 e. The van der Waals surface area contributed by atoms with Crippen LogP contribution in [0.3, 0.4) is 0 Å². The Morgan fingerprint density at radius 2 is 1.26 bits per heavy atom. The van der Waals surface area contributed by atoms with E-state index in [-0.39, 0.29) is 43.2 Å². The van der Waals surface area contributed by atoms with Crippen LogP contribution in [0.4, 0.5) is 0 Å². The molecule has 0 saturated heterocycles. The Bertz CT molecular complexity index is 3450. The van der Waals surface area contributed by atoms with E-state index in [4.69, 9.17) is 22.3 Å². The zero-order valence-electron chi connectivity index (χ0n) is 49.4. The Balaban J connectivity index is 0.00000820. The number of benzene rings is 6. The van der Waals surface area contributed by atoms with Gasteiger partial charge in [0.25, 0.3) is 0 Å². The average molecular weight is 1060 g/mol. The van der Waals surface area contributed by atoms with Crippen LogP contribution in [-0.2, 0) is 37.3 Å². The molecule has 0 spiro atoms. The van der Waals surface area contributed by atoms with Gasteiger partial charge in [0.1, 0.15) is 11.6 Å². The van der Waals surface area contributed by atoms with Crippen LogP contribution in [0.15, 0.2) is 127 Å². The van der Waals surface area contributed by atoms with Crippen LogP contribution in [0.2, 0.25) is 0 Å². The molecule has 0 fully saturated rings. The molecule has 2 heterocycles. The number of hydrogen-bond acceptors (Lipinski definition) is 3. The van der Waals surface area contributed by atoms with Crippen molar-refractivity contribution in [1.82, 2.24) is 14.5 Å². The molecule has 0 atom stereocenters. The zero-order chi connectivity index (χ0) is 54.6. The van der Waals surface area contributed by atoms with Crippen molar-refractivity contribution < 1.29 is 38.5 Å². The normalized spacial score (nSPS) is 14.8. The topological polar surface area (TPSA) is 50.9 Å². The summed E-state index contributed by atoms with van der Waals surface area (Å²) in [5.74, 6) is -1.21. The molecule has 5 heteroatoms. The second-order valence-corrected chi connectivity index (χ2v) is 20.8. The quantitative estimate of drug-likeness (QED) is 0.154. The van der Waals surface area contributed by atoms with Gasteiger partial charge in [0.15, 0.2) is 0 Å². The van der Waals surface area contributed by atoms with E-state index in [1.807, 2.05) is 100 Å². The van der Waals surface area contributed by atoms with Crippen LogP contribution >= 0.6 is 0 Å². The molecule has 342 valence electrons. The summed E-state index contributed by atoms with van der Waals surface area (Å²) in [6, 6.07) is 33.1. The maximum Gasteiger partial charge on any atom is 0.148 e. The summed E-state index contributed by atoms with van der Waals surface area (Å²) in [5, 5.41) is 12.5. The maximum absolute atomic E-state index is 12.5. The smallest absolute Gasteiger partial charge is 0.148 e. The van der Waals surface area contributed by atoms with Crippen molar-refractivity contribution in [3.63, 3.8) is 0 Å². The Hall–Kier alpha value is -5.57. The van der Waals surface area contributed by atoms with Crippen molar-refractivity contribution in [1.29, 1.82) is 0 Å². The summed E-state index contributed by atoms with van der Waals surface area (Å²) in [6.07, 6.45) is 1.54. The van der Waals surface area contributed by atoms with Gasteiger partial charge < -0.3 is 5.11 Å². The first-order chi connectivity index (χ1) is 34.1. The van der Waals surface area contributed by atoms with E-state index in [1.165, 1.54) is 6.20 Å². The number of aromatic hydroxyl groups is 1. The van der Waals surface area contributed by atoms with Crippen LogP contribution in [0.1, 0.15) is 148 Å². The Morgan fingerprint density at radius 3 is 1.85 bits per heavy atom. The number of phenols is 1. The van der Waals surface area contributed by atoms with Crippen LogP contribution in [0.5, 0.6) is 5.75 Å². The van der Waals surface area contributed by atoms with Gasteiger partial charge in [-0.1, -0.05) is 185 Å². The number of phenolic OH excluding ortho intramolecular Hbond substituents is 1. The third-order valence-corrected chi connectivity index (χ3v) is 12.2. The van der Waals surface area contributed by atoms with Gasteiger partial charge in [0.05, 0.1) is 22.1 Å². The summed E-state index contributed by atoms with van der Waals surface area (Å²) in [5.41, 5.74) is 10.1. The number of imidazole rings is 1. The summed E-state index contributed by atoms with van der Waals surface area (Å²) in [7, 11) is 0. The minimum absolute atomic E-state index is 0. The first-order valence-electron chi connectivity index (χ1n) is 26.9. The first-order valence-corrected chi connectivity index (χ1v) is 22.4. The van der Waals surface area contributed by atoms with Gasteiger partial charge in [-0.2, -0.15) is 0 Å². The molecule has 0 aliphatic rings. The first kappa shape index (κ1) is 37.5. The number of para-hydroxylation sites is 1. The second kappa shape index (κ2) is 18.3. The molecule has 0 aliphatic heterocycles. The van der Waals surface area contributed by atoms with Crippen LogP contribution < -0.4 is 0 Å². The third kappa shape index (κ3) is 9.50. The van der Waals surface area contributed by atoms with E-state index >= 15 is 0 Å². The molecule has 0 radical (unpaired) electrons. The van der Waals surface area contributed by atoms with Crippen LogP contribution in [0.25, 0.3) is 72.7 Å². The molecule has 2 aromatic heterocycles. The summed E-state index contributed by atoms with van der Waals surface area (Å²) in [6.45, 7) is 23.7. The maximum atomic E-state index is 12.5. The Kier molecular flexibility index (Phi) is 10.4. The molecule has 1 N–H and O–H groups in total. The fourth-order valence-electron chi connectivity index (χ4n) is 8.52. The average Bonchev–Trinajstić information content (AvgIpc) is 3.68. The predicted octanol–water partition coefficient (Wildman–Crippen LogP) is 16.7. The monoisotopic (exact) mass is 1060 g/mol. The van der Waals surface area contributed by atoms with Crippen molar-refractivity contribution in [2.75, 3.05) is 0 Å². The van der Waals surface area contributed by atoms with Gasteiger partial charge in [-0.25, -0.2) is 4.98 Å². The molecular weight excluding hydrogens is 986 g/mol. The molecule has 4 nitrogen and oxygen atoms in total. The van der Waals surface area contributed by atoms with E-state index in [9.17, 15) is 5.11 Å². The molecular formula is C61H66N3OPt-. The fourth-order valence-corrected chi connectivity index (χ4v) is 8.52. The van der Waals surface area contributed by atoms with Gasteiger partial charge in [-0.05, 0) is 104 Å². The van der Waals surface area contributed by atoms with Gasteiger partial charge in [-0.15, -0.1) is 29.3 Å². The summed E-state index contributed by atoms with van der Waals surface area (Å²) >= 11 is 0. The molecule has 0 aliphatic carbocycles. The molecule has 66 heavy (non-hydrogen) atoms. The summed E-state index contributed by atoms with van der Waals surface area (Å²) in [4.78, 5) is 10.3. The Labute approximate surface area is 421 Å². The standard InChI is InChI=1S/C61H66N3O.Pt/c1-37(2)48-17-15-18-49(38(3)4)55(48)41-25-27-47(28-26-41)64-54-20-16-19-50(56(54)63-58(64)51-35-46(60(9,10)11)36-52(57(51)65)61(12,13)14)43-31-44(33-45(32-43)59(6,7)8)53-34-42(29-30-62-53)40-23-21-39(5)22-24-40;/h15-30,32-38,65H,1-14H3;/q-1;/i5D3,21D,22D,23D,24D,37D,38D;. The third-order valence-electron chi connectivity index (χ3n) is 12.2. The van der Waals surface area contributed by atoms with Crippen molar-refractivity contribution in [3.05, 3.63) is 167 Å². The number of fused-ring (bicyclic) bond motifs is 1. The van der Waals surface area contributed by atoms with Gasteiger partial charge in [0.2, 0.25) is 0 Å². The largest absolute Gasteiger partial charge is 0.507 e. The number of pyridine rings is 1. The van der Waals surface area contributed by atoms with Crippen molar-refractivity contribution in [2.24, 2.45) is 0 Å². The number of hydrogen-bond donors (Lipinski definition) is 1. The van der Waals surface area contributed by atoms with Crippen LogP contribution in [0, 0.1) is 12.9 Å². The van der Waals surface area contributed by atoms with Crippen LogP contribution in [-0.4, -0.2) is 19.6 Å². The predicted molar refractivity (Wildman–Crippen MR) is 276 cm³/mol. The molecule has 0 bridgehead atoms. The Morgan fingerprint density at radius 1 is 0.652 bits per heavy atom. The summed E-state index contributed by atoms with van der Waals surface area (Å²) < 4.78 is 79.0. The van der Waals surface area contributed by atoms with Gasteiger partial charge >= 0.3 is 0 Å². The van der Waals surface area contributed by atoms with E-state index in [0.717, 1.165) is 55.7 Å². The van der Waals surface area contributed by atoms with Gasteiger partial charge in [-0.3, -0.25) is 9.55 Å². The fraction of sp³-hybridized carbons (Fsp3) is 0.311. The zero-order valence-corrected chi connectivity index (χ0v) is 42.7. The number of rotatable bonds is 8. The van der Waals surface area contributed by atoms with E-state index in [1.54, 1.807) is 12.1 Å². The second-order valence-electron chi connectivity index (χ2n) is 20.8. The molecule has 0 amide bonds. The van der Waals surface area contributed by atoms with Crippen molar-refractivity contribution in [3.8, 4) is 67.5 Å². The van der Waals surface area contributed by atoms with Crippen molar-refractivity contribution in [2.45, 2.75) is 125 Å². The number of aromatic nitrogens is 3. The van der Waals surface area contributed by atoms with E-state index in [2.05, 4.69) is 85.1 Å². The van der Waals surface area contributed by atoms with E-state index in [0.29, 0.717) is 39.3 Å². The molecule has 6 aromatic carbocycles. The SMILES string of the molecule is [2H]c1c([2H])c(C([2H])([2H])[2H])c([2H])c([2H])c1-c1ccnc(-c2[c-]c(-c3cccc4c3nc(-c3cc(C(C)(C)C)cc(C(C)(C)C)c3O)n4-c3ccc(-c4c(C([2H])(C)C)cccc4C([2H])(C)C)cc3)cc(C(C)(C)C)c2)c1.[Pt]. The number of nitrogens with zero attached hydrogens (tertiary/aromatic N) is 3. The molecule has 8 rings (SSSR count). The molecule has 0 unspecified atom stereocenters. The molecule has 8 aromatic rings. The van der Waals surface area contributed by atoms with E-state index < -0.39 is 53.8 Å². The minimum atomic E-state index is -2.84. The molecule has 0 saturated carbocycles. The van der Waals surface area contributed by atoms with Gasteiger partial charge in [0, 0.05) is 51.1 Å². The van der Waals surface area contributed by atoms with Crippen molar-refractivity contribution >= 4 is 11.0 Å².